The molecule has 20 heteroatoms. The van der Waals surface area contributed by atoms with Gasteiger partial charge in [0.1, 0.15) is 5.75 Å². The molecule has 3 amide bonds. The number of nitrogens with two attached hydrogens (primary N) is 1. The average molecular weight is 957 g/mol. The summed E-state index contributed by atoms with van der Waals surface area (Å²) in [4.78, 5) is 60.6. The lowest BCUT2D eigenvalue weighted by molar-refractivity contribution is -0.143. The monoisotopic (exact) mass is 957 g/mol. The number of ether oxygens (including phenoxy) is 7. The highest BCUT2D eigenvalue weighted by molar-refractivity contribution is 5.83. The van der Waals surface area contributed by atoms with Crippen molar-refractivity contribution >= 4 is 40.7 Å². The standard InChI is InChI=1S/C48H76N8O12/c1-4-5-6-7-8-40-46-41(53-48(49)52-40)12-16-56(46)36-39-10-9-38(34-42(39)62-3)35-54-17-19-55(20-18-54)45(59)13-21-63-23-25-65-27-29-67-31-32-68-30-28-66-26-24-64-22-15-51-43(57)11-14-50-44(58)33-37(2)47(60)61/h9-10,12,16,34,37H,4-8,11,13-15,17-33,35-36H2,1-3H3,(H,50,58)(H,51,57)(H,60,61)(H2,49,52,53). The molecule has 68 heavy (non-hydrogen) atoms. The summed E-state index contributed by atoms with van der Waals surface area (Å²) >= 11 is 0. The van der Waals surface area contributed by atoms with Crippen molar-refractivity contribution in [1.82, 2.24) is 35.0 Å². The Morgan fingerprint density at radius 3 is 1.97 bits per heavy atom. The van der Waals surface area contributed by atoms with Crippen LogP contribution in [0.2, 0.25) is 0 Å². The first-order valence-corrected chi connectivity index (χ1v) is 24.1. The highest BCUT2D eigenvalue weighted by Crippen LogP contribution is 2.27. The molecule has 1 fully saturated rings. The molecule has 380 valence electrons. The first-order chi connectivity index (χ1) is 33.1. The molecule has 1 saturated heterocycles. The molecule has 5 N–H and O–H groups in total. The van der Waals surface area contributed by atoms with Crippen LogP contribution in [-0.4, -0.2) is 179 Å². The third-order valence-electron chi connectivity index (χ3n) is 11.3. The van der Waals surface area contributed by atoms with E-state index in [0.29, 0.717) is 118 Å². The highest BCUT2D eigenvalue weighted by Gasteiger charge is 2.22. The van der Waals surface area contributed by atoms with Gasteiger partial charge in [-0.1, -0.05) is 45.2 Å². The van der Waals surface area contributed by atoms with Crippen molar-refractivity contribution in [3.8, 4) is 5.75 Å². The van der Waals surface area contributed by atoms with E-state index in [4.69, 9.17) is 44.0 Å². The predicted octanol–water partition coefficient (Wildman–Crippen LogP) is 3.06. The van der Waals surface area contributed by atoms with E-state index >= 15 is 0 Å². The second kappa shape index (κ2) is 32.7. The van der Waals surface area contributed by atoms with Gasteiger partial charge in [0.15, 0.2) is 0 Å². The molecule has 20 nitrogen and oxygen atoms in total. The maximum Gasteiger partial charge on any atom is 0.306 e. The number of carboxylic acids is 1. The van der Waals surface area contributed by atoms with Crippen LogP contribution in [0.1, 0.15) is 75.6 Å². The van der Waals surface area contributed by atoms with Crippen molar-refractivity contribution in [2.75, 3.05) is 131 Å². The minimum atomic E-state index is -1.04. The maximum absolute atomic E-state index is 12.9. The summed E-state index contributed by atoms with van der Waals surface area (Å²) < 4.78 is 41.2. The molecule has 1 unspecified atom stereocenters. The zero-order chi connectivity index (χ0) is 48.8. The average Bonchev–Trinajstić information content (AvgIpc) is 3.73. The molecule has 0 bridgehead atoms. The van der Waals surface area contributed by atoms with E-state index in [2.05, 4.69) is 61.4 Å². The van der Waals surface area contributed by atoms with Gasteiger partial charge in [0.25, 0.3) is 0 Å². The molecular formula is C48H76N8O12. The summed E-state index contributed by atoms with van der Waals surface area (Å²) in [7, 11) is 1.71. The molecule has 3 heterocycles. The van der Waals surface area contributed by atoms with Gasteiger partial charge in [0, 0.05) is 70.4 Å². The SMILES string of the molecule is CCCCCCc1nc(N)nc2ccn(Cc3ccc(CN4CCN(C(=O)CCOCCOCCOCCOCCOCCOCCNC(=O)CCNC(=O)CC(C)C(=O)O)CC4)cc3OC)c12. The lowest BCUT2D eigenvalue weighted by Gasteiger charge is -2.35. The molecule has 0 spiro atoms. The van der Waals surface area contributed by atoms with Gasteiger partial charge in [-0.15, -0.1) is 0 Å². The third-order valence-corrected chi connectivity index (χ3v) is 11.3. The van der Waals surface area contributed by atoms with Gasteiger partial charge >= 0.3 is 5.97 Å². The Balaban J connectivity index is 0.933. The molecule has 0 saturated carbocycles. The summed E-state index contributed by atoms with van der Waals surface area (Å²) in [5.41, 5.74) is 11.2. The van der Waals surface area contributed by atoms with Crippen LogP contribution in [0.5, 0.6) is 5.75 Å². The Hall–Kier alpha value is -4.96. The van der Waals surface area contributed by atoms with E-state index in [9.17, 15) is 19.2 Å². The number of hydrogen-bond acceptors (Lipinski definition) is 15. The van der Waals surface area contributed by atoms with E-state index in [1.54, 1.807) is 7.11 Å². The number of rotatable bonds is 37. The van der Waals surface area contributed by atoms with Gasteiger partial charge < -0.3 is 64.1 Å². The summed E-state index contributed by atoms with van der Waals surface area (Å²) in [6.45, 7) is 13.3. The molecule has 1 atom stereocenters. The van der Waals surface area contributed by atoms with Crippen LogP contribution in [0.3, 0.4) is 0 Å². The van der Waals surface area contributed by atoms with Crippen LogP contribution < -0.4 is 21.1 Å². The zero-order valence-electron chi connectivity index (χ0n) is 40.5. The fourth-order valence-corrected chi connectivity index (χ4v) is 7.47. The van der Waals surface area contributed by atoms with Crippen LogP contribution in [0.4, 0.5) is 5.95 Å². The highest BCUT2D eigenvalue weighted by atomic mass is 16.6. The number of nitrogens with zero attached hydrogens (tertiary/aromatic N) is 5. The topological polar surface area (TPSA) is 240 Å². The Labute approximate surface area is 400 Å². The largest absolute Gasteiger partial charge is 0.496 e. The number of piperazine rings is 1. The van der Waals surface area contributed by atoms with Gasteiger partial charge in [-0.2, -0.15) is 0 Å². The quantitative estimate of drug-likeness (QED) is 0.0608. The van der Waals surface area contributed by atoms with Crippen LogP contribution in [-0.2, 0) is 67.1 Å². The maximum atomic E-state index is 12.9. The van der Waals surface area contributed by atoms with E-state index in [0.717, 1.165) is 66.1 Å². The fraction of sp³-hybridized carbons (Fsp3) is 0.667. The second-order valence-corrected chi connectivity index (χ2v) is 16.6. The first-order valence-electron chi connectivity index (χ1n) is 24.1. The van der Waals surface area contributed by atoms with E-state index in [1.165, 1.54) is 26.2 Å². The number of carboxylic acid groups (broad SMARTS) is 1. The number of aromatic nitrogens is 3. The molecule has 3 aromatic rings. The Morgan fingerprint density at radius 1 is 0.735 bits per heavy atom. The number of nitrogen functional groups attached to an aromatic ring is 1. The summed E-state index contributed by atoms with van der Waals surface area (Å²) in [6, 6.07) is 8.43. The molecule has 2 aromatic heterocycles. The molecule has 0 aliphatic carbocycles. The van der Waals surface area contributed by atoms with Crippen molar-refractivity contribution in [2.24, 2.45) is 5.92 Å². The van der Waals surface area contributed by atoms with Gasteiger partial charge in [-0.05, 0) is 30.5 Å². The number of benzene rings is 1. The van der Waals surface area contributed by atoms with Crippen LogP contribution >= 0.6 is 0 Å². The number of methoxy groups -OCH3 is 1. The van der Waals surface area contributed by atoms with Gasteiger partial charge in [0.05, 0.1) is 122 Å². The van der Waals surface area contributed by atoms with Gasteiger partial charge in [-0.3, -0.25) is 24.1 Å². The number of unbranched alkanes of at least 4 members (excludes halogenated alkanes) is 3. The molecule has 0 radical (unpaired) electrons. The number of amides is 3. The normalized spacial score (nSPS) is 13.5. The van der Waals surface area contributed by atoms with Crippen molar-refractivity contribution in [3.05, 3.63) is 47.3 Å². The van der Waals surface area contributed by atoms with E-state index in [-0.39, 0.29) is 31.2 Å². The van der Waals surface area contributed by atoms with Crippen molar-refractivity contribution in [3.63, 3.8) is 0 Å². The lowest BCUT2D eigenvalue weighted by atomic mass is 10.1. The number of anilines is 1. The summed E-state index contributed by atoms with van der Waals surface area (Å²) in [6.07, 6.45) is 7.86. The number of aliphatic carboxylic acids is 1. The van der Waals surface area contributed by atoms with E-state index < -0.39 is 17.8 Å². The number of carbonyl (C=O) groups is 4. The third kappa shape index (κ3) is 21.6. The smallest absolute Gasteiger partial charge is 0.306 e. The van der Waals surface area contributed by atoms with Crippen molar-refractivity contribution in [2.45, 2.75) is 78.3 Å². The summed E-state index contributed by atoms with van der Waals surface area (Å²) in [5, 5.41) is 14.1. The molecule has 1 aromatic carbocycles. The zero-order valence-corrected chi connectivity index (χ0v) is 40.5. The minimum Gasteiger partial charge on any atom is -0.496 e. The number of fused-ring (bicyclic) bond motifs is 1. The number of nitrogens with one attached hydrogen (secondary N) is 2. The minimum absolute atomic E-state index is 0.0952. The Kier molecular flexibility index (Phi) is 26.8. The van der Waals surface area contributed by atoms with E-state index in [1.807, 2.05) is 11.0 Å². The Morgan fingerprint density at radius 2 is 1.35 bits per heavy atom. The van der Waals surface area contributed by atoms with Gasteiger partial charge in [-0.25, -0.2) is 9.97 Å². The molecule has 4 rings (SSSR count). The predicted molar refractivity (Wildman–Crippen MR) is 255 cm³/mol. The van der Waals surface area contributed by atoms with Crippen LogP contribution in [0, 0.1) is 5.92 Å². The van der Waals surface area contributed by atoms with Crippen molar-refractivity contribution < 1.29 is 57.4 Å². The van der Waals surface area contributed by atoms with Crippen molar-refractivity contribution in [1.29, 1.82) is 0 Å². The number of carbonyl (C=O) groups excluding carboxylic acids is 3. The fourth-order valence-electron chi connectivity index (χ4n) is 7.47. The number of aryl methyl sites for hydroxylation is 1. The Bertz CT molecular complexity index is 1940. The van der Waals surface area contributed by atoms with Crippen LogP contribution in [0.15, 0.2) is 30.5 Å². The molecule has 1 aliphatic heterocycles. The number of hydrogen-bond donors (Lipinski definition) is 4. The van der Waals surface area contributed by atoms with Crippen LogP contribution in [0.25, 0.3) is 11.0 Å². The second-order valence-electron chi connectivity index (χ2n) is 16.6. The molecular weight excluding hydrogens is 881 g/mol. The first kappa shape index (κ1) is 55.6. The lowest BCUT2D eigenvalue weighted by Crippen LogP contribution is -2.48. The van der Waals surface area contributed by atoms with Gasteiger partial charge in [0.2, 0.25) is 23.7 Å². The molecule has 1 aliphatic rings. The summed E-state index contributed by atoms with van der Waals surface area (Å²) in [5.74, 6) is -1.19.